The Morgan fingerprint density at radius 1 is 0.365 bits per heavy atom. The molecule has 0 bridgehead atoms. The normalized spacial score (nSPS) is 26.2. The van der Waals surface area contributed by atoms with E-state index in [1.807, 2.05) is 0 Å². The summed E-state index contributed by atoms with van der Waals surface area (Å²) in [5.41, 5.74) is 11.0. The zero-order valence-electron chi connectivity index (χ0n) is 33.3. The van der Waals surface area contributed by atoms with Crippen LogP contribution in [0.5, 0.6) is 0 Å². The van der Waals surface area contributed by atoms with Crippen LogP contribution in [-0.2, 0) is 12.8 Å². The van der Waals surface area contributed by atoms with E-state index in [9.17, 15) is 0 Å². The Hall–Kier alpha value is -2.74. The average molecular weight is 705 g/mol. The van der Waals surface area contributed by atoms with Crippen LogP contribution in [0.25, 0.3) is 5.57 Å². The summed E-state index contributed by atoms with van der Waals surface area (Å²) >= 11 is 0. The predicted octanol–water partition coefficient (Wildman–Crippen LogP) is 15.4. The van der Waals surface area contributed by atoms with Crippen molar-refractivity contribution in [2.75, 3.05) is 23.7 Å². The third-order valence-corrected chi connectivity index (χ3v) is 12.3. The molecule has 1 aromatic rings. The summed E-state index contributed by atoms with van der Waals surface area (Å²) in [6.45, 7) is 2.18. The summed E-state index contributed by atoms with van der Waals surface area (Å²) in [7, 11) is 0. The molecule has 0 amide bonds. The monoisotopic (exact) mass is 705 g/mol. The van der Waals surface area contributed by atoms with Crippen LogP contribution in [0, 0.1) is 0 Å². The number of fused-ring (bicyclic) bond motifs is 2. The van der Waals surface area contributed by atoms with Crippen molar-refractivity contribution < 1.29 is 0 Å². The van der Waals surface area contributed by atoms with Gasteiger partial charge in [0.25, 0.3) is 0 Å². The molecule has 0 spiro atoms. The first-order chi connectivity index (χ1) is 25.9. The molecule has 2 aliphatic heterocycles. The maximum Gasteiger partial charge on any atom is 0.0459 e. The van der Waals surface area contributed by atoms with E-state index in [1.165, 1.54) is 203 Å². The van der Waals surface area contributed by atoms with Crippen molar-refractivity contribution in [2.45, 2.75) is 192 Å². The molecule has 2 N–H and O–H groups in total. The van der Waals surface area contributed by atoms with Crippen molar-refractivity contribution in [1.82, 2.24) is 0 Å². The number of anilines is 2. The molecule has 0 radical (unpaired) electrons. The first kappa shape index (κ1) is 40.4. The molecular formula is C50H76N2. The Balaban J connectivity index is 1.73. The van der Waals surface area contributed by atoms with E-state index >= 15 is 0 Å². The number of allylic oxidation sites excluding steroid dienone is 12. The largest absolute Gasteiger partial charge is 0.385 e. The highest BCUT2D eigenvalue weighted by molar-refractivity contribution is 5.91. The zero-order chi connectivity index (χ0) is 35.7. The Bertz CT molecular complexity index is 1320. The molecule has 52 heavy (non-hydrogen) atoms. The second-order valence-electron chi connectivity index (χ2n) is 16.5. The van der Waals surface area contributed by atoms with Crippen molar-refractivity contribution in [3.63, 3.8) is 0 Å². The lowest BCUT2D eigenvalue weighted by molar-refractivity contribution is 0.497. The molecule has 2 heteroatoms. The van der Waals surface area contributed by atoms with Gasteiger partial charge < -0.3 is 10.6 Å². The van der Waals surface area contributed by atoms with Crippen LogP contribution in [0.1, 0.15) is 202 Å². The molecule has 1 saturated carbocycles. The van der Waals surface area contributed by atoms with Gasteiger partial charge in [-0.2, -0.15) is 0 Å². The van der Waals surface area contributed by atoms with Gasteiger partial charge in [-0.3, -0.25) is 0 Å². The summed E-state index contributed by atoms with van der Waals surface area (Å²) in [6.07, 6.45) is 64.1. The van der Waals surface area contributed by atoms with Crippen molar-refractivity contribution in [3.05, 3.63) is 89.1 Å². The topological polar surface area (TPSA) is 24.1 Å². The fraction of sp³-hybridized carbons (Fsp3) is 0.640. The summed E-state index contributed by atoms with van der Waals surface area (Å²) in [5, 5.41) is 8.58. The minimum atomic E-state index is 0.649. The van der Waals surface area contributed by atoms with E-state index in [0.717, 1.165) is 13.1 Å². The number of nitrogens with one attached hydrogen (secondary N) is 2. The quantitative estimate of drug-likeness (QED) is 0.320. The van der Waals surface area contributed by atoms with E-state index in [0.29, 0.717) is 5.92 Å². The number of benzene rings is 1. The maximum atomic E-state index is 4.31. The number of rotatable bonds is 2. The average Bonchev–Trinajstić information content (AvgIpc) is 3.18. The van der Waals surface area contributed by atoms with Gasteiger partial charge in [0.15, 0.2) is 0 Å². The maximum absolute atomic E-state index is 4.31. The molecule has 2 heterocycles. The summed E-state index contributed by atoms with van der Waals surface area (Å²) < 4.78 is 0. The van der Waals surface area contributed by atoms with Crippen molar-refractivity contribution in [3.8, 4) is 0 Å². The van der Waals surface area contributed by atoms with Gasteiger partial charge in [-0.1, -0.05) is 202 Å². The molecule has 1 fully saturated rings. The standard InChI is InChI=1S/C50H76N2/c1-2-5-12-20-28-36-43(35-27-19-11-4-1)47-45-39-31-23-15-8-9-17-25-33-41-51-49(45)48(44-37-29-21-13-6-3-7-14-22-30-38-44)46-40-32-24-16-10-18-26-34-42-52-50(46)47/h3,6-7,13-14,21-22,29-30,37-38,43,51-52H,1-2,4-5,8-12,15-20,23-28,31-36,39-42H2/b6-3-,7-3?,13-6?,14-7-,21-13-,22-14?,29-21?,30-22-,37-29-,38-30?,44-37?,44-38+. The lowest BCUT2D eigenvalue weighted by Crippen LogP contribution is -2.19. The summed E-state index contributed by atoms with van der Waals surface area (Å²) in [4.78, 5) is 0. The summed E-state index contributed by atoms with van der Waals surface area (Å²) in [5.74, 6) is 0.649. The van der Waals surface area contributed by atoms with Crippen LogP contribution in [0.3, 0.4) is 0 Å². The fourth-order valence-corrected chi connectivity index (χ4v) is 9.39. The van der Waals surface area contributed by atoms with Gasteiger partial charge in [0.2, 0.25) is 0 Å². The van der Waals surface area contributed by atoms with Crippen LogP contribution in [0.15, 0.2) is 66.8 Å². The Morgan fingerprint density at radius 3 is 1.31 bits per heavy atom. The molecule has 0 saturated heterocycles. The highest BCUT2D eigenvalue weighted by Crippen LogP contribution is 2.47. The van der Waals surface area contributed by atoms with E-state index in [1.54, 1.807) is 22.4 Å². The van der Waals surface area contributed by atoms with Gasteiger partial charge in [-0.15, -0.1) is 0 Å². The lowest BCUT2D eigenvalue weighted by atomic mass is 9.77. The van der Waals surface area contributed by atoms with Crippen LogP contribution in [0.4, 0.5) is 11.4 Å². The predicted molar refractivity (Wildman–Crippen MR) is 232 cm³/mol. The van der Waals surface area contributed by atoms with E-state index < -0.39 is 0 Å². The zero-order valence-corrected chi connectivity index (χ0v) is 33.3. The van der Waals surface area contributed by atoms with Crippen molar-refractivity contribution in [2.24, 2.45) is 0 Å². The third-order valence-electron chi connectivity index (χ3n) is 12.3. The first-order valence-electron chi connectivity index (χ1n) is 22.7. The van der Waals surface area contributed by atoms with Gasteiger partial charge in [-0.05, 0) is 79.5 Å². The molecule has 0 aromatic heterocycles. The van der Waals surface area contributed by atoms with Crippen molar-refractivity contribution in [1.29, 1.82) is 0 Å². The molecule has 286 valence electrons. The second kappa shape index (κ2) is 25.3. The van der Waals surface area contributed by atoms with Crippen LogP contribution < -0.4 is 10.6 Å². The number of hydrogen-bond acceptors (Lipinski definition) is 2. The molecule has 0 atom stereocenters. The van der Waals surface area contributed by atoms with Crippen LogP contribution in [0.2, 0.25) is 0 Å². The SMILES string of the molecule is C1=C\C=C/C=C\C(c2c3c(c(C4CCCCCCCCCCCC4)c4c2NCCCCCCCCCC4)NCCCCCCCCC3)=C/C=C\C=C/1. The van der Waals surface area contributed by atoms with Crippen LogP contribution >= 0.6 is 0 Å². The van der Waals surface area contributed by atoms with E-state index in [2.05, 4.69) is 77.5 Å². The van der Waals surface area contributed by atoms with Gasteiger partial charge in [0, 0.05) is 30.0 Å². The second-order valence-corrected chi connectivity index (χ2v) is 16.5. The molecule has 1 aromatic carbocycles. The Kier molecular flexibility index (Phi) is 19.7. The molecule has 2 nitrogen and oxygen atoms in total. The first-order valence-corrected chi connectivity index (χ1v) is 22.7. The molecule has 5 rings (SSSR count). The molecule has 4 aliphatic rings. The fourth-order valence-electron chi connectivity index (χ4n) is 9.39. The van der Waals surface area contributed by atoms with Crippen LogP contribution in [-0.4, -0.2) is 13.1 Å². The minimum Gasteiger partial charge on any atom is -0.385 e. The minimum absolute atomic E-state index is 0.649. The molecular weight excluding hydrogens is 629 g/mol. The van der Waals surface area contributed by atoms with Gasteiger partial charge in [0.1, 0.15) is 0 Å². The Labute approximate surface area is 320 Å². The lowest BCUT2D eigenvalue weighted by Gasteiger charge is -2.33. The van der Waals surface area contributed by atoms with E-state index in [4.69, 9.17) is 0 Å². The number of hydrogen-bond donors (Lipinski definition) is 2. The van der Waals surface area contributed by atoms with E-state index in [-0.39, 0.29) is 0 Å². The summed E-state index contributed by atoms with van der Waals surface area (Å²) in [6, 6.07) is 0. The van der Waals surface area contributed by atoms with Gasteiger partial charge in [0.05, 0.1) is 0 Å². The Morgan fingerprint density at radius 2 is 0.769 bits per heavy atom. The molecule has 2 aliphatic carbocycles. The van der Waals surface area contributed by atoms with Crippen molar-refractivity contribution >= 4 is 16.9 Å². The highest BCUT2D eigenvalue weighted by atomic mass is 14.9. The van der Waals surface area contributed by atoms with Gasteiger partial charge >= 0.3 is 0 Å². The third kappa shape index (κ3) is 13.9. The molecule has 0 unspecified atom stereocenters. The van der Waals surface area contributed by atoms with Gasteiger partial charge in [-0.25, -0.2) is 0 Å². The smallest absolute Gasteiger partial charge is 0.0459 e. The highest BCUT2D eigenvalue weighted by Gasteiger charge is 2.29.